The van der Waals surface area contributed by atoms with Gasteiger partial charge in [0, 0.05) is 28.3 Å². The Labute approximate surface area is 165 Å². The molecule has 28 heavy (non-hydrogen) atoms. The summed E-state index contributed by atoms with van der Waals surface area (Å²) < 4.78 is 30.5. The second-order valence-corrected chi connectivity index (χ2v) is 7.13. The zero-order valence-corrected chi connectivity index (χ0v) is 15.5. The zero-order valence-electron chi connectivity index (χ0n) is 14.7. The molecule has 1 atom stereocenters. The molecule has 3 aromatic carbocycles. The maximum atomic E-state index is 13.6. The molecule has 0 saturated heterocycles. The molecular formula is C21H18F2N2O2S. The van der Waals surface area contributed by atoms with E-state index in [1.165, 1.54) is 11.9 Å². The van der Waals surface area contributed by atoms with Gasteiger partial charge in [-0.1, -0.05) is 18.2 Å². The Morgan fingerprint density at radius 2 is 1.71 bits per heavy atom. The molecule has 0 spiro atoms. The molecule has 3 rings (SSSR count). The number of carbonyl (C=O) groups is 1. The molecule has 1 unspecified atom stereocenters. The average molecular weight is 400 g/mol. The minimum Gasteiger partial charge on any atom is -0.481 e. The molecule has 0 bridgehead atoms. The van der Waals surface area contributed by atoms with Crippen molar-refractivity contribution in [2.45, 2.75) is 17.2 Å². The topological polar surface area (TPSA) is 75.3 Å². The summed E-state index contributed by atoms with van der Waals surface area (Å²) in [6, 6.07) is 17.6. The van der Waals surface area contributed by atoms with Crippen molar-refractivity contribution in [2.75, 3.05) is 10.5 Å². The summed E-state index contributed by atoms with van der Waals surface area (Å²) in [5.41, 5.74) is 8.07. The molecule has 0 aliphatic heterocycles. The Hall–Kier alpha value is -3.06. The van der Waals surface area contributed by atoms with E-state index in [1.807, 2.05) is 24.3 Å². The van der Waals surface area contributed by atoms with E-state index in [0.717, 1.165) is 28.8 Å². The van der Waals surface area contributed by atoms with Crippen molar-refractivity contribution in [3.8, 4) is 0 Å². The third-order valence-electron chi connectivity index (χ3n) is 4.10. The number of carboxylic acids is 1. The summed E-state index contributed by atoms with van der Waals surface area (Å²) in [6.07, 6.45) is -0.283. The maximum absolute atomic E-state index is 13.6. The number of hydrogen-bond acceptors (Lipinski definition) is 4. The predicted octanol–water partition coefficient (Wildman–Crippen LogP) is 5.27. The number of halogens is 2. The lowest BCUT2D eigenvalue weighted by atomic mass is 9.88. The van der Waals surface area contributed by atoms with Crippen LogP contribution in [0.1, 0.15) is 23.5 Å². The molecule has 0 heterocycles. The highest BCUT2D eigenvalue weighted by Gasteiger charge is 2.20. The third kappa shape index (κ3) is 5.23. The van der Waals surface area contributed by atoms with Gasteiger partial charge in [0.05, 0.1) is 6.42 Å². The van der Waals surface area contributed by atoms with Crippen LogP contribution in [0.25, 0.3) is 0 Å². The number of nitrogens with one attached hydrogen (secondary N) is 1. The van der Waals surface area contributed by atoms with Crippen LogP contribution in [0.5, 0.6) is 0 Å². The fourth-order valence-corrected chi connectivity index (χ4v) is 3.60. The molecular weight excluding hydrogens is 382 g/mol. The summed E-state index contributed by atoms with van der Waals surface area (Å²) in [5.74, 6) is -3.21. The smallest absolute Gasteiger partial charge is 0.304 e. The van der Waals surface area contributed by atoms with Gasteiger partial charge in [-0.05, 0) is 65.5 Å². The average Bonchev–Trinajstić information content (AvgIpc) is 2.64. The second kappa shape index (κ2) is 8.75. The van der Waals surface area contributed by atoms with E-state index in [0.29, 0.717) is 11.3 Å². The van der Waals surface area contributed by atoms with Gasteiger partial charge in [0.2, 0.25) is 0 Å². The van der Waals surface area contributed by atoms with Crippen LogP contribution in [-0.4, -0.2) is 11.1 Å². The summed E-state index contributed by atoms with van der Waals surface area (Å²) in [4.78, 5) is 12.3. The number of carboxylic acid groups (broad SMARTS) is 1. The van der Waals surface area contributed by atoms with E-state index >= 15 is 0 Å². The molecule has 7 heteroatoms. The van der Waals surface area contributed by atoms with Crippen LogP contribution < -0.4 is 10.5 Å². The Morgan fingerprint density at radius 3 is 2.39 bits per heavy atom. The van der Waals surface area contributed by atoms with Crippen LogP contribution in [-0.2, 0) is 4.79 Å². The van der Waals surface area contributed by atoms with Gasteiger partial charge >= 0.3 is 5.97 Å². The van der Waals surface area contributed by atoms with Gasteiger partial charge in [0.1, 0.15) is 11.6 Å². The van der Waals surface area contributed by atoms with Gasteiger partial charge in [0.15, 0.2) is 0 Å². The van der Waals surface area contributed by atoms with Crippen molar-refractivity contribution in [3.63, 3.8) is 0 Å². The Bertz CT molecular complexity index is 977. The lowest BCUT2D eigenvalue weighted by Gasteiger charge is -2.17. The molecule has 3 aromatic rings. The number of hydrogen-bond donors (Lipinski definition) is 3. The minimum absolute atomic E-state index is 0.278. The highest BCUT2D eigenvalue weighted by molar-refractivity contribution is 8.00. The van der Waals surface area contributed by atoms with Crippen molar-refractivity contribution in [1.82, 2.24) is 0 Å². The fraction of sp³-hybridized carbons (Fsp3) is 0.0952. The van der Waals surface area contributed by atoms with Gasteiger partial charge in [0.25, 0.3) is 0 Å². The van der Waals surface area contributed by atoms with Crippen LogP contribution in [0.2, 0.25) is 0 Å². The molecule has 0 radical (unpaired) electrons. The first-order valence-electron chi connectivity index (χ1n) is 8.47. The van der Waals surface area contributed by atoms with Crippen molar-refractivity contribution >= 4 is 29.3 Å². The first-order valence-corrected chi connectivity index (χ1v) is 9.28. The molecule has 0 fully saturated rings. The first-order chi connectivity index (χ1) is 13.4. The monoisotopic (exact) mass is 400 g/mol. The molecule has 4 N–H and O–H groups in total. The third-order valence-corrected chi connectivity index (χ3v) is 4.93. The highest BCUT2D eigenvalue weighted by Crippen LogP contribution is 2.32. The summed E-state index contributed by atoms with van der Waals surface area (Å²) in [5, 5.41) is 9.27. The van der Waals surface area contributed by atoms with Gasteiger partial charge in [-0.15, -0.1) is 0 Å². The lowest BCUT2D eigenvalue weighted by molar-refractivity contribution is -0.137. The predicted molar refractivity (Wildman–Crippen MR) is 107 cm³/mol. The van der Waals surface area contributed by atoms with Crippen LogP contribution >= 0.6 is 11.9 Å². The number of nitrogens with two attached hydrogens (primary N) is 1. The second-order valence-electron chi connectivity index (χ2n) is 6.26. The molecule has 0 amide bonds. The standard InChI is InChI=1S/C21H18F2N2O2S/c22-15-7-14(8-16(23)10-15)20(12-21(26)27)13-3-1-5-18(9-13)25-28-19-6-2-4-17(24)11-19/h1-11,20,25H,12,24H2,(H,26,27). The van der Waals surface area contributed by atoms with E-state index in [9.17, 15) is 18.7 Å². The lowest BCUT2D eigenvalue weighted by Crippen LogP contribution is -2.09. The van der Waals surface area contributed by atoms with E-state index in [2.05, 4.69) is 4.72 Å². The molecule has 0 aliphatic carbocycles. The number of benzene rings is 3. The molecule has 4 nitrogen and oxygen atoms in total. The molecule has 0 saturated carbocycles. The highest BCUT2D eigenvalue weighted by atomic mass is 32.2. The van der Waals surface area contributed by atoms with Crippen molar-refractivity contribution in [1.29, 1.82) is 0 Å². The normalized spacial score (nSPS) is 11.8. The van der Waals surface area contributed by atoms with Crippen molar-refractivity contribution in [2.24, 2.45) is 0 Å². The van der Waals surface area contributed by atoms with Gasteiger partial charge < -0.3 is 15.6 Å². The number of rotatable bonds is 7. The molecule has 0 aromatic heterocycles. The fourth-order valence-electron chi connectivity index (χ4n) is 2.89. The minimum atomic E-state index is -1.05. The van der Waals surface area contributed by atoms with E-state index in [1.54, 1.807) is 24.3 Å². The van der Waals surface area contributed by atoms with Crippen LogP contribution in [0.15, 0.2) is 71.6 Å². The maximum Gasteiger partial charge on any atom is 0.304 e. The Morgan fingerprint density at radius 1 is 1.00 bits per heavy atom. The van der Waals surface area contributed by atoms with Crippen LogP contribution in [0.3, 0.4) is 0 Å². The summed E-state index contributed by atoms with van der Waals surface area (Å²) in [6.45, 7) is 0. The Balaban J connectivity index is 1.86. The largest absolute Gasteiger partial charge is 0.481 e. The summed E-state index contributed by atoms with van der Waals surface area (Å²) >= 11 is 1.36. The van der Waals surface area contributed by atoms with Gasteiger partial charge in [-0.2, -0.15) is 0 Å². The number of anilines is 2. The van der Waals surface area contributed by atoms with E-state index in [4.69, 9.17) is 5.73 Å². The van der Waals surface area contributed by atoms with E-state index < -0.39 is 23.5 Å². The van der Waals surface area contributed by atoms with Crippen molar-refractivity contribution in [3.05, 3.63) is 89.5 Å². The van der Waals surface area contributed by atoms with Crippen LogP contribution in [0.4, 0.5) is 20.2 Å². The number of aliphatic carboxylic acids is 1. The van der Waals surface area contributed by atoms with Crippen molar-refractivity contribution < 1.29 is 18.7 Å². The van der Waals surface area contributed by atoms with Gasteiger partial charge in [-0.3, -0.25) is 4.79 Å². The molecule has 0 aliphatic rings. The van der Waals surface area contributed by atoms with E-state index in [-0.39, 0.29) is 12.0 Å². The number of nitrogen functional groups attached to an aromatic ring is 1. The quantitative estimate of drug-likeness (QED) is 0.372. The SMILES string of the molecule is Nc1cccc(SNc2cccc(C(CC(=O)O)c3cc(F)cc(F)c3)c2)c1. The van der Waals surface area contributed by atoms with Gasteiger partial charge in [-0.25, -0.2) is 8.78 Å². The zero-order chi connectivity index (χ0) is 20.1. The molecule has 144 valence electrons. The summed E-state index contributed by atoms with van der Waals surface area (Å²) in [7, 11) is 0. The Kier molecular flexibility index (Phi) is 6.16. The van der Waals surface area contributed by atoms with Crippen LogP contribution in [0, 0.1) is 11.6 Å². The first kappa shape index (κ1) is 19.7.